The van der Waals surface area contributed by atoms with E-state index in [4.69, 9.17) is 0 Å². The summed E-state index contributed by atoms with van der Waals surface area (Å²) in [5.41, 5.74) is 1.67. The van der Waals surface area contributed by atoms with Crippen molar-refractivity contribution >= 4 is 29.9 Å². The second kappa shape index (κ2) is 8.48. The summed E-state index contributed by atoms with van der Waals surface area (Å²) in [7, 11) is 2.10. The molecule has 1 saturated heterocycles. The SMILES string of the molecule is CC1=CC(Nc2nc(/C=C/c3ccccc3F)nc(N3CCN(C)CC3)n2)=NC1. The first-order valence-electron chi connectivity index (χ1n) is 9.68. The lowest BCUT2D eigenvalue weighted by atomic mass is 10.2. The van der Waals surface area contributed by atoms with Crippen molar-refractivity contribution in [3.05, 3.63) is 53.1 Å². The average molecular weight is 393 g/mol. The fraction of sp³-hybridized carbons (Fsp3) is 0.333. The van der Waals surface area contributed by atoms with Gasteiger partial charge in [-0.1, -0.05) is 18.2 Å². The largest absolute Gasteiger partial charge is 0.338 e. The summed E-state index contributed by atoms with van der Waals surface area (Å²) in [6.07, 6.45) is 5.37. The summed E-state index contributed by atoms with van der Waals surface area (Å²) in [6.45, 7) is 6.29. The highest BCUT2D eigenvalue weighted by atomic mass is 19.1. The minimum Gasteiger partial charge on any atom is -0.338 e. The van der Waals surface area contributed by atoms with Crippen LogP contribution in [0.2, 0.25) is 0 Å². The molecular weight excluding hydrogens is 369 g/mol. The monoisotopic (exact) mass is 393 g/mol. The summed E-state index contributed by atoms with van der Waals surface area (Å²) in [4.78, 5) is 22.5. The van der Waals surface area contributed by atoms with Gasteiger partial charge in [-0.05, 0) is 43.8 Å². The molecule has 0 aliphatic carbocycles. The molecule has 8 heteroatoms. The molecule has 2 aliphatic rings. The maximum Gasteiger partial charge on any atom is 0.233 e. The predicted molar refractivity (Wildman–Crippen MR) is 115 cm³/mol. The summed E-state index contributed by atoms with van der Waals surface area (Å²) in [5, 5.41) is 3.18. The number of likely N-dealkylation sites (N-methyl/N-ethyl adjacent to an activating group) is 1. The Balaban J connectivity index is 1.63. The first kappa shape index (κ1) is 19.2. The fourth-order valence-electron chi connectivity index (χ4n) is 3.16. The number of aliphatic imine (C=N–C) groups is 1. The molecule has 3 heterocycles. The number of amidine groups is 1. The number of halogens is 1. The van der Waals surface area contributed by atoms with Crippen LogP contribution in [-0.2, 0) is 0 Å². The highest BCUT2D eigenvalue weighted by Gasteiger charge is 2.18. The molecule has 1 aromatic heterocycles. The third-order valence-corrected chi connectivity index (χ3v) is 4.87. The summed E-state index contributed by atoms with van der Waals surface area (Å²) in [5.74, 6) is 1.98. The standard InChI is InChI=1S/C21H24FN7/c1-15-13-19(23-14-15)25-20-24-18(8-7-16-5-3-4-6-17(16)22)26-21(27-20)29-11-9-28(2)10-12-29/h3-8,13H,9-12,14H2,1-2H3,(H,23,24,25,26,27)/b8-7+. The van der Waals surface area contributed by atoms with Crippen molar-refractivity contribution in [2.24, 2.45) is 4.99 Å². The molecule has 150 valence electrons. The van der Waals surface area contributed by atoms with Gasteiger partial charge in [0.2, 0.25) is 11.9 Å². The van der Waals surface area contributed by atoms with Crippen LogP contribution in [0, 0.1) is 5.82 Å². The van der Waals surface area contributed by atoms with Gasteiger partial charge in [0.15, 0.2) is 5.82 Å². The minimum atomic E-state index is -0.281. The molecule has 7 nitrogen and oxygen atoms in total. The minimum absolute atomic E-state index is 0.281. The Morgan fingerprint density at radius 3 is 2.55 bits per heavy atom. The van der Waals surface area contributed by atoms with E-state index >= 15 is 0 Å². The molecule has 0 amide bonds. The Kier molecular flexibility index (Phi) is 5.62. The predicted octanol–water partition coefficient (Wildman–Crippen LogP) is 2.70. The van der Waals surface area contributed by atoms with Crippen molar-refractivity contribution in [3.63, 3.8) is 0 Å². The molecule has 1 fully saturated rings. The molecule has 0 saturated carbocycles. The molecule has 0 radical (unpaired) electrons. The van der Waals surface area contributed by atoms with Crippen LogP contribution in [0.1, 0.15) is 18.3 Å². The van der Waals surface area contributed by atoms with Gasteiger partial charge in [-0.25, -0.2) is 4.39 Å². The van der Waals surface area contributed by atoms with Crippen molar-refractivity contribution in [1.82, 2.24) is 19.9 Å². The van der Waals surface area contributed by atoms with Crippen molar-refractivity contribution in [2.75, 3.05) is 50.0 Å². The average Bonchev–Trinajstić information content (AvgIpc) is 3.12. The zero-order chi connectivity index (χ0) is 20.2. The molecule has 1 N–H and O–H groups in total. The van der Waals surface area contributed by atoms with Crippen LogP contribution in [-0.4, -0.2) is 65.5 Å². The van der Waals surface area contributed by atoms with Gasteiger partial charge in [0.25, 0.3) is 0 Å². The number of benzene rings is 1. The smallest absolute Gasteiger partial charge is 0.233 e. The van der Waals surface area contributed by atoms with Gasteiger partial charge in [-0.3, -0.25) is 4.99 Å². The van der Waals surface area contributed by atoms with E-state index in [2.05, 4.69) is 42.1 Å². The number of nitrogens with one attached hydrogen (secondary N) is 1. The number of hydrogen-bond donors (Lipinski definition) is 1. The van der Waals surface area contributed by atoms with Gasteiger partial charge in [0, 0.05) is 31.7 Å². The number of aromatic nitrogens is 3. The molecule has 29 heavy (non-hydrogen) atoms. The van der Waals surface area contributed by atoms with Crippen LogP contribution in [0.4, 0.5) is 16.3 Å². The van der Waals surface area contributed by atoms with Crippen molar-refractivity contribution < 1.29 is 4.39 Å². The van der Waals surface area contributed by atoms with Crippen molar-refractivity contribution in [2.45, 2.75) is 6.92 Å². The van der Waals surface area contributed by atoms with Crippen molar-refractivity contribution in [3.8, 4) is 0 Å². The highest BCUT2D eigenvalue weighted by Crippen LogP contribution is 2.17. The summed E-state index contributed by atoms with van der Waals surface area (Å²) in [6, 6.07) is 6.61. The molecule has 2 aromatic rings. The number of piperazine rings is 1. The van der Waals surface area contributed by atoms with Crippen LogP contribution >= 0.6 is 0 Å². The molecule has 2 aliphatic heterocycles. The number of anilines is 2. The fourth-order valence-corrected chi connectivity index (χ4v) is 3.16. The second-order valence-corrected chi connectivity index (χ2v) is 7.28. The van der Waals surface area contributed by atoms with Gasteiger partial charge in [-0.15, -0.1) is 0 Å². The van der Waals surface area contributed by atoms with Crippen LogP contribution in [0.5, 0.6) is 0 Å². The maximum atomic E-state index is 13.9. The van der Waals surface area contributed by atoms with Crippen molar-refractivity contribution in [1.29, 1.82) is 0 Å². The first-order valence-corrected chi connectivity index (χ1v) is 9.68. The topological polar surface area (TPSA) is 69.5 Å². The van der Waals surface area contributed by atoms with E-state index in [0.717, 1.165) is 32.0 Å². The van der Waals surface area contributed by atoms with E-state index in [9.17, 15) is 4.39 Å². The molecule has 0 spiro atoms. The lowest BCUT2D eigenvalue weighted by Crippen LogP contribution is -2.45. The lowest BCUT2D eigenvalue weighted by molar-refractivity contribution is 0.311. The Bertz CT molecular complexity index is 975. The Morgan fingerprint density at radius 1 is 1.03 bits per heavy atom. The van der Waals surface area contributed by atoms with E-state index in [-0.39, 0.29) is 5.82 Å². The Hall–Kier alpha value is -3.13. The third-order valence-electron chi connectivity index (χ3n) is 4.87. The van der Waals surface area contributed by atoms with Gasteiger partial charge in [-0.2, -0.15) is 15.0 Å². The number of rotatable bonds is 4. The van der Waals surface area contributed by atoms with Gasteiger partial charge >= 0.3 is 0 Å². The third kappa shape index (κ3) is 4.83. The molecule has 1 aromatic carbocycles. The lowest BCUT2D eigenvalue weighted by Gasteiger charge is -2.32. The molecule has 4 rings (SSSR count). The van der Waals surface area contributed by atoms with E-state index in [1.807, 2.05) is 13.0 Å². The quantitative estimate of drug-likeness (QED) is 0.861. The highest BCUT2D eigenvalue weighted by molar-refractivity contribution is 6.04. The van der Waals surface area contributed by atoms with Gasteiger partial charge < -0.3 is 15.1 Å². The van der Waals surface area contributed by atoms with E-state index < -0.39 is 0 Å². The van der Waals surface area contributed by atoms with E-state index in [1.165, 1.54) is 11.6 Å². The number of nitrogens with zero attached hydrogens (tertiary/aromatic N) is 6. The van der Waals surface area contributed by atoms with Gasteiger partial charge in [0.05, 0.1) is 6.54 Å². The Labute approximate surface area is 169 Å². The van der Waals surface area contributed by atoms with Crippen LogP contribution in [0.3, 0.4) is 0 Å². The zero-order valence-corrected chi connectivity index (χ0v) is 16.6. The van der Waals surface area contributed by atoms with Crippen LogP contribution in [0.25, 0.3) is 12.2 Å². The van der Waals surface area contributed by atoms with Crippen LogP contribution < -0.4 is 10.2 Å². The molecule has 0 bridgehead atoms. The summed E-state index contributed by atoms with van der Waals surface area (Å²) < 4.78 is 13.9. The molecular formula is C21H24FN7. The second-order valence-electron chi connectivity index (χ2n) is 7.28. The van der Waals surface area contributed by atoms with Crippen LogP contribution in [0.15, 0.2) is 40.9 Å². The van der Waals surface area contributed by atoms with Gasteiger partial charge in [0.1, 0.15) is 11.7 Å². The van der Waals surface area contributed by atoms with E-state index in [0.29, 0.717) is 29.8 Å². The zero-order valence-electron chi connectivity index (χ0n) is 16.6. The Morgan fingerprint density at radius 2 is 1.83 bits per heavy atom. The maximum absolute atomic E-state index is 13.9. The molecule has 0 unspecified atom stereocenters. The van der Waals surface area contributed by atoms with E-state index in [1.54, 1.807) is 30.4 Å². The molecule has 0 atom stereocenters. The normalized spacial score (nSPS) is 17.6. The first-order chi connectivity index (χ1) is 14.1. The summed E-state index contributed by atoms with van der Waals surface area (Å²) >= 11 is 0. The number of hydrogen-bond acceptors (Lipinski definition) is 7.